The van der Waals surface area contributed by atoms with E-state index in [4.69, 9.17) is 27.7 Å². The Balaban J connectivity index is 1.55. The second-order valence-corrected chi connectivity index (χ2v) is 9.37. The van der Waals surface area contributed by atoms with Crippen LogP contribution in [0.15, 0.2) is 58.2 Å². The minimum Gasteiger partial charge on any atom is -0.380 e. The van der Waals surface area contributed by atoms with E-state index < -0.39 is 6.10 Å². The molecule has 2 heterocycles. The van der Waals surface area contributed by atoms with Gasteiger partial charge in [0.1, 0.15) is 6.10 Å². The number of hydrogen-bond donors (Lipinski definition) is 1. The van der Waals surface area contributed by atoms with Crippen molar-refractivity contribution in [2.24, 2.45) is 5.92 Å². The second-order valence-electron chi connectivity index (χ2n) is 7.58. The summed E-state index contributed by atoms with van der Waals surface area (Å²) in [6, 6.07) is 14.4. The maximum absolute atomic E-state index is 10.9. The summed E-state index contributed by atoms with van der Waals surface area (Å²) in [7, 11) is 0. The highest BCUT2D eigenvalue weighted by Gasteiger charge is 2.23. The first kappa shape index (κ1) is 22.8. The maximum Gasteiger partial charge on any atom is 0.258 e. The number of halogens is 2. The van der Waals surface area contributed by atoms with Crippen molar-refractivity contribution < 1.29 is 9.63 Å². The molecule has 1 N–H and O–H groups in total. The number of aromatic nitrogens is 5. The summed E-state index contributed by atoms with van der Waals surface area (Å²) < 4.78 is 7.29. The average molecular weight is 490 g/mol. The third-order valence-corrected chi connectivity index (χ3v) is 6.15. The molecular weight excluding hydrogens is 469 g/mol. The van der Waals surface area contributed by atoms with E-state index in [9.17, 15) is 5.11 Å². The summed E-state index contributed by atoms with van der Waals surface area (Å²) in [6.07, 6.45) is -0.982. The number of aliphatic hydroxyl groups excluding tert-OH is 1. The first-order chi connectivity index (χ1) is 15.4. The first-order valence-electron chi connectivity index (χ1n) is 9.99. The van der Waals surface area contributed by atoms with Crippen molar-refractivity contribution in [2.75, 3.05) is 0 Å². The summed E-state index contributed by atoms with van der Waals surface area (Å²) in [4.78, 5) is 4.45. The van der Waals surface area contributed by atoms with E-state index in [1.165, 1.54) is 11.8 Å². The average Bonchev–Trinajstić information content (AvgIpc) is 3.39. The summed E-state index contributed by atoms with van der Waals surface area (Å²) in [5, 5.41) is 25.3. The van der Waals surface area contributed by atoms with Crippen LogP contribution in [0.5, 0.6) is 0 Å². The number of nitrogens with zero attached hydrogens (tertiary/aromatic N) is 5. The predicted octanol–water partition coefficient (Wildman–Crippen LogP) is 5.66. The summed E-state index contributed by atoms with van der Waals surface area (Å²) in [5.74, 6) is 2.13. The van der Waals surface area contributed by atoms with Crippen LogP contribution in [-0.4, -0.2) is 30.0 Å². The molecule has 32 heavy (non-hydrogen) atoms. The molecule has 1 atom stereocenters. The van der Waals surface area contributed by atoms with Gasteiger partial charge in [-0.05, 0) is 30.2 Å². The Labute approximate surface area is 199 Å². The highest BCUT2D eigenvalue weighted by Crippen LogP contribution is 2.31. The third-order valence-electron chi connectivity index (χ3n) is 4.61. The molecule has 0 bridgehead atoms. The van der Waals surface area contributed by atoms with Gasteiger partial charge in [0.2, 0.25) is 0 Å². The lowest BCUT2D eigenvalue weighted by molar-refractivity contribution is 0.201. The second kappa shape index (κ2) is 10.0. The van der Waals surface area contributed by atoms with Gasteiger partial charge in [-0.1, -0.05) is 78.2 Å². The fourth-order valence-electron chi connectivity index (χ4n) is 3.16. The number of rotatable bonds is 8. The third kappa shape index (κ3) is 5.15. The molecule has 2 aromatic carbocycles. The van der Waals surface area contributed by atoms with E-state index in [1.54, 1.807) is 24.3 Å². The van der Waals surface area contributed by atoms with E-state index in [0.717, 1.165) is 5.56 Å². The fourth-order valence-corrected chi connectivity index (χ4v) is 4.39. The normalized spacial score (nSPS) is 12.4. The molecule has 0 spiro atoms. The van der Waals surface area contributed by atoms with Crippen molar-refractivity contribution in [3.8, 4) is 11.5 Å². The van der Waals surface area contributed by atoms with E-state index in [2.05, 4.69) is 34.2 Å². The lowest BCUT2D eigenvalue weighted by Crippen LogP contribution is -2.14. The molecule has 1 unspecified atom stereocenters. The zero-order valence-electron chi connectivity index (χ0n) is 17.4. The van der Waals surface area contributed by atoms with Gasteiger partial charge in [0.05, 0.1) is 5.75 Å². The monoisotopic (exact) mass is 489 g/mol. The van der Waals surface area contributed by atoms with E-state index in [-0.39, 0.29) is 0 Å². The topological polar surface area (TPSA) is 89.9 Å². The van der Waals surface area contributed by atoms with Gasteiger partial charge in [0.15, 0.2) is 16.8 Å². The Morgan fingerprint density at radius 1 is 1.09 bits per heavy atom. The number of thioether (sulfide) groups is 1. The maximum atomic E-state index is 10.9. The number of benzene rings is 2. The molecule has 0 aliphatic carbocycles. The highest BCUT2D eigenvalue weighted by molar-refractivity contribution is 7.98. The molecule has 0 radical (unpaired) electrons. The summed E-state index contributed by atoms with van der Waals surface area (Å²) in [5.41, 5.74) is 1.35. The first-order valence-corrected chi connectivity index (χ1v) is 11.7. The summed E-state index contributed by atoms with van der Waals surface area (Å²) >= 11 is 13.7. The zero-order valence-corrected chi connectivity index (χ0v) is 19.8. The Bertz CT molecular complexity index is 1210. The van der Waals surface area contributed by atoms with Gasteiger partial charge in [-0.25, -0.2) is 0 Å². The van der Waals surface area contributed by atoms with Gasteiger partial charge in [-0.15, -0.1) is 10.2 Å². The van der Waals surface area contributed by atoms with E-state index >= 15 is 0 Å². The molecule has 166 valence electrons. The molecule has 0 saturated carbocycles. The van der Waals surface area contributed by atoms with Crippen LogP contribution in [0.25, 0.3) is 11.5 Å². The zero-order chi connectivity index (χ0) is 22.7. The van der Waals surface area contributed by atoms with Gasteiger partial charge in [-0.2, -0.15) is 4.98 Å². The van der Waals surface area contributed by atoms with Gasteiger partial charge >= 0.3 is 0 Å². The lowest BCUT2D eigenvalue weighted by Gasteiger charge is -2.16. The minimum atomic E-state index is -0.982. The van der Waals surface area contributed by atoms with Crippen molar-refractivity contribution >= 4 is 35.0 Å². The molecule has 0 amide bonds. The van der Waals surface area contributed by atoms with Crippen molar-refractivity contribution in [3.05, 3.63) is 75.8 Å². The largest absolute Gasteiger partial charge is 0.380 e. The molecule has 4 rings (SSSR count). The predicted molar refractivity (Wildman–Crippen MR) is 125 cm³/mol. The van der Waals surface area contributed by atoms with Crippen LogP contribution >= 0.6 is 35.0 Å². The van der Waals surface area contributed by atoms with Gasteiger partial charge < -0.3 is 14.2 Å². The van der Waals surface area contributed by atoms with Crippen molar-refractivity contribution in [2.45, 2.75) is 37.4 Å². The number of hydrogen-bond acceptors (Lipinski definition) is 7. The number of aliphatic hydroxyl groups is 1. The van der Waals surface area contributed by atoms with Crippen molar-refractivity contribution in [1.29, 1.82) is 0 Å². The quantitative estimate of drug-likeness (QED) is 0.319. The molecule has 0 fully saturated rings. The Hall–Kier alpha value is -2.39. The molecule has 10 heteroatoms. The van der Waals surface area contributed by atoms with E-state index in [1.807, 2.05) is 28.8 Å². The minimum absolute atomic E-state index is 0.321. The Morgan fingerprint density at radius 3 is 2.66 bits per heavy atom. The van der Waals surface area contributed by atoms with Crippen LogP contribution in [0.4, 0.5) is 0 Å². The molecule has 7 nitrogen and oxygen atoms in total. The Morgan fingerprint density at radius 2 is 1.91 bits per heavy atom. The van der Waals surface area contributed by atoms with Crippen LogP contribution in [0, 0.1) is 5.92 Å². The standard InChI is InChI=1S/C22H21Cl2N5O2S/c1-13(2)11-29-20(19(30)16-8-3-4-9-17(16)24)26-27-22(29)32-12-18-25-21(31-28-18)14-6-5-7-15(23)10-14/h3-10,13,19,30H,11-12H2,1-2H3. The molecule has 4 aromatic rings. The van der Waals surface area contributed by atoms with Crippen LogP contribution in [-0.2, 0) is 12.3 Å². The SMILES string of the molecule is CC(C)Cn1c(SCc2noc(-c3cccc(Cl)c3)n2)nnc1C(O)c1ccccc1Cl. The van der Waals surface area contributed by atoms with Gasteiger partial charge in [-0.3, -0.25) is 0 Å². The highest BCUT2D eigenvalue weighted by atomic mass is 35.5. The van der Waals surface area contributed by atoms with Crippen molar-refractivity contribution in [1.82, 2.24) is 24.9 Å². The molecule has 0 aliphatic heterocycles. The summed E-state index contributed by atoms with van der Waals surface area (Å²) in [6.45, 7) is 4.83. The fraction of sp³-hybridized carbons (Fsp3) is 0.273. The van der Waals surface area contributed by atoms with Crippen LogP contribution in [0.2, 0.25) is 10.0 Å². The molecule has 2 aromatic heterocycles. The van der Waals surface area contributed by atoms with Crippen LogP contribution in [0.1, 0.15) is 37.2 Å². The van der Waals surface area contributed by atoms with E-state index in [0.29, 0.717) is 56.5 Å². The molecular formula is C22H21Cl2N5O2S. The lowest BCUT2D eigenvalue weighted by atomic mass is 10.1. The smallest absolute Gasteiger partial charge is 0.258 e. The van der Waals surface area contributed by atoms with Gasteiger partial charge in [0, 0.05) is 27.7 Å². The Kier molecular flexibility index (Phi) is 7.15. The van der Waals surface area contributed by atoms with Crippen LogP contribution < -0.4 is 0 Å². The van der Waals surface area contributed by atoms with Gasteiger partial charge in [0.25, 0.3) is 5.89 Å². The van der Waals surface area contributed by atoms with Crippen LogP contribution in [0.3, 0.4) is 0 Å². The van der Waals surface area contributed by atoms with Crippen molar-refractivity contribution in [3.63, 3.8) is 0 Å². The molecule has 0 saturated heterocycles. The molecule has 0 aliphatic rings.